The number of fused-ring (bicyclic) bond motifs is 1. The van der Waals surface area contributed by atoms with Crippen LogP contribution in [0.2, 0.25) is 5.02 Å². The summed E-state index contributed by atoms with van der Waals surface area (Å²) < 4.78 is 38.0. The van der Waals surface area contributed by atoms with Crippen molar-refractivity contribution in [1.29, 1.82) is 0 Å². The highest BCUT2D eigenvalue weighted by atomic mass is 35.5. The minimum atomic E-state index is -4.41. The average Bonchev–Trinajstić information content (AvgIpc) is 2.60. The molecule has 0 aliphatic carbocycles. The molecule has 0 amide bonds. The molecule has 0 unspecified atom stereocenters. The lowest BCUT2D eigenvalue weighted by Crippen LogP contribution is -2.03. The molecular formula is C11H9ClF3NS. The maximum atomic E-state index is 12.5. The summed E-state index contributed by atoms with van der Waals surface area (Å²) in [4.78, 5) is 3.55. The van der Waals surface area contributed by atoms with E-state index in [0.717, 1.165) is 5.56 Å². The maximum absolute atomic E-state index is 12.5. The fourth-order valence-corrected chi connectivity index (χ4v) is 2.70. The highest BCUT2D eigenvalue weighted by molar-refractivity contribution is 7.18. The highest BCUT2D eigenvalue weighted by Crippen LogP contribution is 2.38. The van der Waals surface area contributed by atoms with E-state index in [2.05, 4.69) is 4.98 Å². The first-order chi connectivity index (χ1) is 7.79. The second-order valence-electron chi connectivity index (χ2n) is 4.02. The summed E-state index contributed by atoms with van der Waals surface area (Å²) in [7, 11) is 0. The molecule has 92 valence electrons. The largest absolute Gasteiger partial charge is 0.443 e. The van der Waals surface area contributed by atoms with Crippen LogP contribution >= 0.6 is 22.9 Å². The van der Waals surface area contributed by atoms with E-state index in [1.807, 2.05) is 13.8 Å². The minimum Gasteiger partial charge on any atom is -0.230 e. The van der Waals surface area contributed by atoms with Crippen LogP contribution in [0.25, 0.3) is 10.2 Å². The van der Waals surface area contributed by atoms with Crippen molar-refractivity contribution >= 4 is 33.2 Å². The highest BCUT2D eigenvalue weighted by Gasteiger charge is 2.35. The van der Waals surface area contributed by atoms with Gasteiger partial charge in [0.25, 0.3) is 0 Å². The second kappa shape index (κ2) is 4.14. The Morgan fingerprint density at radius 1 is 1.29 bits per heavy atom. The molecule has 0 aliphatic rings. The molecule has 1 nitrogen and oxygen atoms in total. The Hall–Kier alpha value is -0.810. The van der Waals surface area contributed by atoms with E-state index in [4.69, 9.17) is 11.6 Å². The summed E-state index contributed by atoms with van der Waals surface area (Å²) in [5, 5.41) is -0.576. The van der Waals surface area contributed by atoms with Gasteiger partial charge < -0.3 is 0 Å². The lowest BCUT2D eigenvalue weighted by atomic mass is 10.0. The molecule has 0 atom stereocenters. The second-order valence-corrected chi connectivity index (χ2v) is 5.46. The van der Waals surface area contributed by atoms with Crippen molar-refractivity contribution in [2.45, 2.75) is 25.9 Å². The zero-order valence-corrected chi connectivity index (χ0v) is 10.7. The van der Waals surface area contributed by atoms with E-state index in [-0.39, 0.29) is 16.5 Å². The van der Waals surface area contributed by atoms with Gasteiger partial charge in [0, 0.05) is 0 Å². The SMILES string of the molecule is CC(C)c1cc(Cl)c2nc(C(F)(F)F)sc2c1. The third kappa shape index (κ3) is 2.40. The van der Waals surface area contributed by atoms with Gasteiger partial charge in [-0.2, -0.15) is 13.2 Å². The normalized spacial score (nSPS) is 12.6. The van der Waals surface area contributed by atoms with E-state index in [1.165, 1.54) is 0 Å². The molecule has 6 heteroatoms. The predicted octanol–water partition coefficient (Wildman–Crippen LogP) is 5.09. The Morgan fingerprint density at radius 3 is 2.47 bits per heavy atom. The number of rotatable bonds is 1. The zero-order valence-electron chi connectivity index (χ0n) is 9.10. The number of halogens is 4. The van der Waals surface area contributed by atoms with Crippen LogP contribution in [-0.2, 0) is 6.18 Å². The first-order valence-corrected chi connectivity index (χ1v) is 6.15. The molecule has 0 radical (unpaired) electrons. The van der Waals surface area contributed by atoms with Crippen molar-refractivity contribution in [3.63, 3.8) is 0 Å². The fourth-order valence-electron chi connectivity index (χ4n) is 1.46. The third-order valence-corrected chi connectivity index (χ3v) is 3.72. The molecular weight excluding hydrogens is 271 g/mol. The molecule has 0 N–H and O–H groups in total. The van der Waals surface area contributed by atoms with Crippen LogP contribution in [0.4, 0.5) is 13.2 Å². The van der Waals surface area contributed by atoms with Crippen molar-refractivity contribution in [1.82, 2.24) is 4.98 Å². The Kier molecular flexibility index (Phi) is 3.08. The van der Waals surface area contributed by atoms with Gasteiger partial charge in [0.1, 0.15) is 5.52 Å². The molecule has 1 aromatic heterocycles. The molecule has 0 bridgehead atoms. The molecule has 0 fully saturated rings. The zero-order chi connectivity index (χ0) is 12.8. The van der Waals surface area contributed by atoms with Crippen LogP contribution in [0.1, 0.15) is 30.3 Å². The van der Waals surface area contributed by atoms with Gasteiger partial charge in [-0.3, -0.25) is 0 Å². The number of hydrogen-bond acceptors (Lipinski definition) is 2. The number of nitrogens with zero attached hydrogens (tertiary/aromatic N) is 1. The van der Waals surface area contributed by atoms with Crippen LogP contribution in [0.5, 0.6) is 0 Å². The third-order valence-electron chi connectivity index (χ3n) is 2.38. The van der Waals surface area contributed by atoms with Crippen LogP contribution in [0.15, 0.2) is 12.1 Å². The molecule has 2 aromatic rings. The molecule has 17 heavy (non-hydrogen) atoms. The number of alkyl halides is 3. The first kappa shape index (κ1) is 12.6. The Labute approximate surface area is 105 Å². The summed E-state index contributed by atoms with van der Waals surface area (Å²) in [6.07, 6.45) is -4.41. The molecule has 0 saturated heterocycles. The van der Waals surface area contributed by atoms with E-state index < -0.39 is 11.2 Å². The average molecular weight is 280 g/mol. The van der Waals surface area contributed by atoms with Crippen LogP contribution in [0.3, 0.4) is 0 Å². The lowest BCUT2D eigenvalue weighted by Gasteiger charge is -2.05. The Morgan fingerprint density at radius 2 is 1.94 bits per heavy atom. The quantitative estimate of drug-likeness (QED) is 0.708. The van der Waals surface area contributed by atoms with Crippen LogP contribution in [-0.4, -0.2) is 4.98 Å². The molecule has 0 saturated carbocycles. The van der Waals surface area contributed by atoms with E-state index in [1.54, 1.807) is 12.1 Å². The molecule has 0 spiro atoms. The number of aromatic nitrogens is 1. The summed E-state index contributed by atoms with van der Waals surface area (Å²) in [6.45, 7) is 3.92. The number of benzene rings is 1. The number of hydrogen-bond donors (Lipinski definition) is 0. The van der Waals surface area contributed by atoms with Gasteiger partial charge in [0.05, 0.1) is 9.72 Å². The monoisotopic (exact) mass is 279 g/mol. The van der Waals surface area contributed by atoms with Gasteiger partial charge in [-0.1, -0.05) is 25.4 Å². The van der Waals surface area contributed by atoms with Gasteiger partial charge in [0.15, 0.2) is 5.01 Å². The van der Waals surface area contributed by atoms with Gasteiger partial charge >= 0.3 is 6.18 Å². The standard InChI is InChI=1S/C11H9ClF3NS/c1-5(2)6-3-7(12)9-8(4-6)17-10(16-9)11(13,14)15/h3-5H,1-2H3. The van der Waals surface area contributed by atoms with E-state index in [9.17, 15) is 13.2 Å². The van der Waals surface area contributed by atoms with Gasteiger partial charge in [-0.25, -0.2) is 4.98 Å². The number of thiazole rings is 1. The topological polar surface area (TPSA) is 12.9 Å². The van der Waals surface area contributed by atoms with Crippen molar-refractivity contribution in [3.05, 3.63) is 27.7 Å². The first-order valence-electron chi connectivity index (χ1n) is 4.96. The lowest BCUT2D eigenvalue weighted by molar-refractivity contribution is -0.137. The van der Waals surface area contributed by atoms with Crippen molar-refractivity contribution < 1.29 is 13.2 Å². The van der Waals surface area contributed by atoms with Gasteiger partial charge in [-0.15, -0.1) is 11.3 Å². The Bertz CT molecular complexity index is 560. The summed E-state index contributed by atoms with van der Waals surface area (Å²) in [5.74, 6) is 0.216. The molecule has 0 aliphatic heterocycles. The summed E-state index contributed by atoms with van der Waals surface area (Å²) >= 11 is 6.58. The van der Waals surface area contributed by atoms with Crippen LogP contribution in [0, 0.1) is 0 Å². The van der Waals surface area contributed by atoms with E-state index in [0.29, 0.717) is 16.0 Å². The fraction of sp³-hybridized carbons (Fsp3) is 0.364. The van der Waals surface area contributed by atoms with Gasteiger partial charge in [-0.05, 0) is 23.6 Å². The summed E-state index contributed by atoms with van der Waals surface area (Å²) in [5.41, 5.74) is 1.15. The van der Waals surface area contributed by atoms with Crippen molar-refractivity contribution in [2.24, 2.45) is 0 Å². The maximum Gasteiger partial charge on any atom is 0.443 e. The molecule has 1 aromatic carbocycles. The van der Waals surface area contributed by atoms with Crippen LogP contribution < -0.4 is 0 Å². The summed E-state index contributed by atoms with van der Waals surface area (Å²) in [6, 6.07) is 3.40. The Balaban J connectivity index is 2.65. The molecule has 1 heterocycles. The minimum absolute atomic E-state index is 0.216. The van der Waals surface area contributed by atoms with E-state index >= 15 is 0 Å². The van der Waals surface area contributed by atoms with Crippen molar-refractivity contribution in [2.75, 3.05) is 0 Å². The predicted molar refractivity (Wildman–Crippen MR) is 63.7 cm³/mol. The molecule has 2 rings (SSSR count). The van der Waals surface area contributed by atoms with Crippen molar-refractivity contribution in [3.8, 4) is 0 Å². The smallest absolute Gasteiger partial charge is 0.230 e. The van der Waals surface area contributed by atoms with Gasteiger partial charge in [0.2, 0.25) is 0 Å².